The van der Waals surface area contributed by atoms with Gasteiger partial charge in [-0.25, -0.2) is 0 Å². The second kappa shape index (κ2) is 12.2. The molecule has 0 saturated heterocycles. The molecule has 33 heavy (non-hydrogen) atoms. The van der Waals surface area contributed by atoms with Gasteiger partial charge in [-0.3, -0.25) is 0 Å². The van der Waals surface area contributed by atoms with Crippen LogP contribution in [0.1, 0.15) is 120 Å². The second-order valence-electron chi connectivity index (χ2n) is 13.0. The highest BCUT2D eigenvalue weighted by Crippen LogP contribution is 2.61. The predicted molar refractivity (Wildman–Crippen MR) is 154 cm³/mol. The van der Waals surface area contributed by atoms with Crippen LogP contribution >= 0.6 is 8.58 Å². The van der Waals surface area contributed by atoms with E-state index in [1.807, 2.05) is 13.8 Å². The third kappa shape index (κ3) is 6.38. The first-order valence-corrected chi connectivity index (χ1v) is 16.1. The Balaban J connectivity index is 0.00000187. The first kappa shape index (κ1) is 29.1. The highest BCUT2D eigenvalue weighted by Gasteiger charge is 2.51. The number of hydrogen-bond acceptors (Lipinski definition) is 0. The normalized spacial score (nSPS) is 36.1. The summed E-state index contributed by atoms with van der Waals surface area (Å²) in [4.78, 5) is 0. The molecule has 3 saturated carbocycles. The van der Waals surface area contributed by atoms with Crippen molar-refractivity contribution in [1.29, 1.82) is 0 Å². The Morgan fingerprint density at radius 3 is 2.27 bits per heavy atom. The zero-order valence-corrected chi connectivity index (χ0v) is 25.0. The fourth-order valence-corrected chi connectivity index (χ4v) is 9.76. The predicted octanol–water partition coefficient (Wildman–Crippen LogP) is 10.5. The molecule has 0 aromatic heterocycles. The van der Waals surface area contributed by atoms with Crippen molar-refractivity contribution < 1.29 is 0 Å². The molecule has 0 N–H and O–H groups in total. The first-order chi connectivity index (χ1) is 15.5. The van der Waals surface area contributed by atoms with Crippen LogP contribution in [0.4, 0.5) is 0 Å². The Hall–Kier alpha value is -0.0900. The quantitative estimate of drug-likeness (QED) is 0.265. The second-order valence-corrected chi connectivity index (χ2v) is 14.3. The van der Waals surface area contributed by atoms with Crippen molar-refractivity contribution in [3.05, 3.63) is 24.3 Å². The van der Waals surface area contributed by atoms with Crippen molar-refractivity contribution in [1.82, 2.24) is 0 Å². The van der Waals surface area contributed by atoms with Crippen molar-refractivity contribution in [2.24, 2.45) is 46.3 Å². The largest absolute Gasteiger partial charge is 0.118 e. The molecule has 0 bridgehead atoms. The van der Waals surface area contributed by atoms with Crippen LogP contribution in [0.25, 0.3) is 0 Å². The third-order valence-corrected chi connectivity index (χ3v) is 11.8. The molecule has 3 aliphatic carbocycles. The smallest absolute Gasteiger partial charge is 0.00270 e. The first-order valence-electron chi connectivity index (χ1n) is 14.5. The van der Waals surface area contributed by atoms with E-state index in [2.05, 4.69) is 61.4 Å². The summed E-state index contributed by atoms with van der Waals surface area (Å²) >= 11 is 0. The summed E-state index contributed by atoms with van der Waals surface area (Å²) in [6, 6.07) is 0. The Labute approximate surface area is 211 Å². The van der Waals surface area contributed by atoms with Crippen LogP contribution in [0, 0.1) is 46.3 Å². The summed E-state index contributed by atoms with van der Waals surface area (Å²) in [5.41, 5.74) is 4.83. The molecule has 3 rings (SSSR count). The van der Waals surface area contributed by atoms with Crippen LogP contribution in [0.2, 0.25) is 0 Å². The minimum absolute atomic E-state index is 0.458. The lowest BCUT2D eigenvalue weighted by molar-refractivity contribution is -0.0372. The molecular formula is C32H59P. The van der Waals surface area contributed by atoms with E-state index < -0.39 is 0 Å². The fourth-order valence-electron chi connectivity index (χ4n) is 8.45. The Kier molecular flexibility index (Phi) is 10.8. The fraction of sp³-hybridized carbons (Fsp3) is 0.875. The summed E-state index contributed by atoms with van der Waals surface area (Å²) < 4.78 is 0. The van der Waals surface area contributed by atoms with E-state index in [0.717, 1.165) is 43.8 Å². The van der Waals surface area contributed by atoms with Gasteiger partial charge < -0.3 is 0 Å². The van der Waals surface area contributed by atoms with Gasteiger partial charge in [0.15, 0.2) is 0 Å². The highest BCUT2D eigenvalue weighted by molar-refractivity contribution is 7.38. The molecule has 3 fully saturated rings. The minimum Gasteiger partial charge on any atom is -0.118 e. The van der Waals surface area contributed by atoms with E-state index in [0.29, 0.717) is 16.7 Å². The van der Waals surface area contributed by atoms with Gasteiger partial charge >= 0.3 is 0 Å². The number of fused-ring (bicyclic) bond motifs is 3. The van der Waals surface area contributed by atoms with Crippen LogP contribution in [0.5, 0.6) is 0 Å². The standard InChI is InChI=1S/C30H53P.C2H6/c1-20(2)23(5)28(31-9)19-22(4)25-14-13-24-18-21(3)26-12-10-11-16-30(26,8)27(24)15-17-29(25,6)7;1-2/h20,22,24-28,31H,3,5,10-19H2,1-2,4,6-9H3;1-2H3. The zero-order chi connectivity index (χ0) is 25.0. The van der Waals surface area contributed by atoms with Crippen LogP contribution in [-0.4, -0.2) is 12.3 Å². The van der Waals surface area contributed by atoms with E-state index in [9.17, 15) is 0 Å². The molecule has 0 heterocycles. The Morgan fingerprint density at radius 1 is 1.00 bits per heavy atom. The topological polar surface area (TPSA) is 0 Å². The molecule has 1 heteroatoms. The minimum atomic E-state index is 0.458. The lowest BCUT2D eigenvalue weighted by Crippen LogP contribution is -2.48. The average Bonchev–Trinajstić information content (AvgIpc) is 2.76. The van der Waals surface area contributed by atoms with E-state index in [1.165, 1.54) is 69.8 Å². The maximum absolute atomic E-state index is 4.65. The Morgan fingerprint density at radius 2 is 1.67 bits per heavy atom. The van der Waals surface area contributed by atoms with E-state index >= 15 is 0 Å². The molecule has 8 unspecified atom stereocenters. The van der Waals surface area contributed by atoms with Crippen molar-refractivity contribution in [3.8, 4) is 0 Å². The molecule has 0 spiro atoms. The third-order valence-electron chi connectivity index (χ3n) is 10.5. The lowest BCUT2D eigenvalue weighted by atomic mass is 9.48. The van der Waals surface area contributed by atoms with Gasteiger partial charge in [0.05, 0.1) is 0 Å². The summed E-state index contributed by atoms with van der Waals surface area (Å²) in [5, 5.41) is 0. The number of rotatable bonds is 6. The molecule has 3 aliphatic rings. The highest BCUT2D eigenvalue weighted by atomic mass is 31.1. The maximum Gasteiger partial charge on any atom is -0.00270 e. The molecule has 0 aliphatic heterocycles. The molecule has 0 nitrogen and oxygen atoms in total. The van der Waals surface area contributed by atoms with Gasteiger partial charge in [0, 0.05) is 0 Å². The lowest BCUT2D eigenvalue weighted by Gasteiger charge is -2.57. The van der Waals surface area contributed by atoms with E-state index in [-0.39, 0.29) is 0 Å². The van der Waals surface area contributed by atoms with E-state index in [4.69, 9.17) is 0 Å². The van der Waals surface area contributed by atoms with Gasteiger partial charge in [0.25, 0.3) is 0 Å². The van der Waals surface area contributed by atoms with Crippen molar-refractivity contribution in [2.75, 3.05) is 6.66 Å². The van der Waals surface area contributed by atoms with Gasteiger partial charge in [0.1, 0.15) is 0 Å². The molecular weight excluding hydrogens is 415 g/mol. The summed E-state index contributed by atoms with van der Waals surface area (Å²) in [6.45, 7) is 30.7. The molecule has 0 radical (unpaired) electrons. The zero-order valence-electron chi connectivity index (χ0n) is 24.0. The molecule has 192 valence electrons. The van der Waals surface area contributed by atoms with Gasteiger partial charge in [-0.05, 0) is 110 Å². The van der Waals surface area contributed by atoms with Crippen molar-refractivity contribution >= 4 is 8.58 Å². The SMILES string of the molecule is C=C(C(C)C)C(CC(C)C1CCC2CC(=C)C3CCCCC3(C)C2CCC1(C)C)PC.CC. The van der Waals surface area contributed by atoms with Gasteiger partial charge in [0.2, 0.25) is 0 Å². The van der Waals surface area contributed by atoms with Gasteiger partial charge in [-0.15, -0.1) is 8.58 Å². The molecule has 8 atom stereocenters. The average molecular weight is 475 g/mol. The van der Waals surface area contributed by atoms with Crippen LogP contribution in [0.3, 0.4) is 0 Å². The molecule has 0 amide bonds. The van der Waals surface area contributed by atoms with Crippen LogP contribution in [0.15, 0.2) is 24.3 Å². The van der Waals surface area contributed by atoms with Crippen molar-refractivity contribution in [2.45, 2.75) is 125 Å². The maximum atomic E-state index is 4.65. The number of allylic oxidation sites excluding steroid dienone is 2. The summed E-state index contributed by atoms with van der Waals surface area (Å²) in [5.74, 6) is 4.90. The molecule has 0 aromatic rings. The van der Waals surface area contributed by atoms with E-state index in [1.54, 1.807) is 5.57 Å². The van der Waals surface area contributed by atoms with Gasteiger partial charge in [-0.1, -0.05) is 92.5 Å². The summed E-state index contributed by atoms with van der Waals surface area (Å²) in [7, 11) is 0.989. The van der Waals surface area contributed by atoms with Gasteiger partial charge in [-0.2, -0.15) is 0 Å². The molecule has 0 aromatic carbocycles. The number of hydrogen-bond donors (Lipinski definition) is 0. The van der Waals surface area contributed by atoms with Crippen molar-refractivity contribution in [3.63, 3.8) is 0 Å². The monoisotopic (exact) mass is 474 g/mol. The summed E-state index contributed by atoms with van der Waals surface area (Å²) in [6.07, 6.45) is 14.2. The van der Waals surface area contributed by atoms with Crippen LogP contribution < -0.4 is 0 Å². The van der Waals surface area contributed by atoms with Crippen LogP contribution in [-0.2, 0) is 0 Å². The Bertz CT molecular complexity index is 643.